The summed E-state index contributed by atoms with van der Waals surface area (Å²) in [6.45, 7) is 1.81. The summed E-state index contributed by atoms with van der Waals surface area (Å²) in [4.78, 5) is 28.4. The normalized spacial score (nSPS) is 19.6. The van der Waals surface area contributed by atoms with Crippen LogP contribution in [0.15, 0.2) is 82.5 Å². The summed E-state index contributed by atoms with van der Waals surface area (Å²) in [5, 5.41) is 18.4. The SMILES string of the molecule is COc1cc(C2C(C(=O)Nc3ccc(F)cc3)=C(C)NC3=C2C(=O)CC(c2cccs2)C3)ccc1O. The van der Waals surface area contributed by atoms with Crippen LogP contribution in [0.25, 0.3) is 0 Å². The number of nitrogens with one attached hydrogen (secondary N) is 2. The fourth-order valence-corrected chi connectivity index (χ4v) is 5.83. The molecule has 0 saturated carbocycles. The third-order valence-electron chi connectivity index (χ3n) is 6.66. The number of rotatable bonds is 5. The van der Waals surface area contributed by atoms with Crippen molar-refractivity contribution in [3.63, 3.8) is 0 Å². The molecule has 0 bridgehead atoms. The van der Waals surface area contributed by atoms with Gasteiger partial charge < -0.3 is 20.5 Å². The van der Waals surface area contributed by atoms with E-state index in [-0.39, 0.29) is 23.2 Å². The van der Waals surface area contributed by atoms with Crippen LogP contribution in [0.1, 0.15) is 42.0 Å². The van der Waals surface area contributed by atoms with Crippen LogP contribution in [0.3, 0.4) is 0 Å². The second-order valence-electron chi connectivity index (χ2n) is 8.92. The summed E-state index contributed by atoms with van der Waals surface area (Å²) in [5.41, 5.74) is 3.46. The lowest BCUT2D eigenvalue weighted by atomic mass is 9.72. The number of ketones is 1. The van der Waals surface area contributed by atoms with E-state index in [1.54, 1.807) is 23.5 Å². The van der Waals surface area contributed by atoms with Gasteiger partial charge in [0.05, 0.1) is 7.11 Å². The lowest BCUT2D eigenvalue weighted by Crippen LogP contribution is -2.37. The Morgan fingerprint density at radius 1 is 1.17 bits per heavy atom. The Labute approximate surface area is 212 Å². The molecule has 2 aliphatic rings. The van der Waals surface area contributed by atoms with Crippen LogP contribution in [-0.2, 0) is 9.59 Å². The number of hydrogen-bond donors (Lipinski definition) is 3. The number of phenolic OH excluding ortho intramolecular Hbond substituents is 1. The maximum absolute atomic E-state index is 13.6. The highest BCUT2D eigenvalue weighted by molar-refractivity contribution is 7.10. The van der Waals surface area contributed by atoms with Crippen molar-refractivity contribution in [3.8, 4) is 11.5 Å². The van der Waals surface area contributed by atoms with Crippen LogP contribution < -0.4 is 15.4 Å². The summed E-state index contributed by atoms with van der Waals surface area (Å²) in [7, 11) is 1.45. The first kappa shape index (κ1) is 23.8. The summed E-state index contributed by atoms with van der Waals surface area (Å²) in [5.74, 6) is -1.20. The van der Waals surface area contributed by atoms with Gasteiger partial charge in [0.2, 0.25) is 0 Å². The number of carbonyl (C=O) groups excluding carboxylic acids is 2. The van der Waals surface area contributed by atoms with E-state index in [0.717, 1.165) is 10.6 Å². The number of ether oxygens (including phenoxy) is 1. The van der Waals surface area contributed by atoms with E-state index in [0.29, 0.717) is 40.9 Å². The number of dihydropyridines is 1. The van der Waals surface area contributed by atoms with E-state index in [1.165, 1.54) is 37.4 Å². The van der Waals surface area contributed by atoms with Crippen LogP contribution in [0.5, 0.6) is 11.5 Å². The largest absolute Gasteiger partial charge is 0.504 e. The second-order valence-corrected chi connectivity index (χ2v) is 9.90. The van der Waals surface area contributed by atoms with Gasteiger partial charge in [0, 0.05) is 51.4 Å². The number of amides is 1. The van der Waals surface area contributed by atoms with Gasteiger partial charge in [-0.3, -0.25) is 9.59 Å². The van der Waals surface area contributed by atoms with E-state index in [2.05, 4.69) is 10.6 Å². The molecule has 2 heterocycles. The molecule has 2 aromatic carbocycles. The molecule has 2 atom stereocenters. The predicted octanol–water partition coefficient (Wildman–Crippen LogP) is 5.60. The standard InChI is InChI=1S/C28H25FN2O4S/c1-15-25(28(34)31-19-8-6-18(29)7-9-19)26(16-5-10-21(32)23(14-16)35-2)27-20(30-15)12-17(13-22(27)33)24-4-3-11-36-24/h3-11,14,17,26,30,32H,12-13H2,1-2H3,(H,31,34). The Hall–Kier alpha value is -3.91. The molecule has 8 heteroatoms. The molecule has 1 amide bonds. The highest BCUT2D eigenvalue weighted by atomic mass is 32.1. The highest BCUT2D eigenvalue weighted by Gasteiger charge is 2.41. The van der Waals surface area contributed by atoms with Crippen LogP contribution in [0.2, 0.25) is 0 Å². The highest BCUT2D eigenvalue weighted by Crippen LogP contribution is 2.47. The molecule has 6 nitrogen and oxygen atoms in total. The van der Waals surface area contributed by atoms with Crippen molar-refractivity contribution >= 4 is 28.7 Å². The minimum Gasteiger partial charge on any atom is -0.504 e. The molecule has 2 unspecified atom stereocenters. The number of benzene rings is 2. The van der Waals surface area contributed by atoms with Crippen LogP contribution in [0, 0.1) is 5.82 Å². The van der Waals surface area contributed by atoms with Crippen molar-refractivity contribution in [1.82, 2.24) is 5.32 Å². The number of thiophene rings is 1. The number of aromatic hydroxyl groups is 1. The molecule has 0 saturated heterocycles. The quantitative estimate of drug-likeness (QED) is 0.421. The van der Waals surface area contributed by atoms with E-state index in [4.69, 9.17) is 4.74 Å². The molecular weight excluding hydrogens is 479 g/mol. The fraction of sp³-hybridized carbons (Fsp3) is 0.214. The van der Waals surface area contributed by atoms with Crippen LogP contribution in [-0.4, -0.2) is 23.9 Å². The lowest BCUT2D eigenvalue weighted by Gasteiger charge is -2.36. The first-order chi connectivity index (χ1) is 17.4. The minimum atomic E-state index is -0.659. The molecule has 184 valence electrons. The Balaban J connectivity index is 1.59. The molecule has 5 rings (SSSR count). The Bertz CT molecular complexity index is 1390. The number of hydrogen-bond acceptors (Lipinski definition) is 6. The van der Waals surface area contributed by atoms with Crippen molar-refractivity contribution in [2.24, 2.45) is 0 Å². The molecular formula is C28H25FN2O4S. The van der Waals surface area contributed by atoms with Gasteiger partial charge in [0.15, 0.2) is 17.3 Å². The zero-order chi connectivity index (χ0) is 25.4. The molecule has 3 aromatic rings. The first-order valence-corrected chi connectivity index (χ1v) is 12.4. The maximum Gasteiger partial charge on any atom is 0.254 e. The number of carbonyl (C=O) groups is 2. The van der Waals surface area contributed by atoms with Gasteiger partial charge in [-0.25, -0.2) is 4.39 Å². The minimum absolute atomic E-state index is 0.0289. The van der Waals surface area contributed by atoms with Gasteiger partial charge in [-0.1, -0.05) is 12.1 Å². The summed E-state index contributed by atoms with van der Waals surface area (Å²) < 4.78 is 18.7. The van der Waals surface area contributed by atoms with Gasteiger partial charge in [0.1, 0.15) is 5.82 Å². The summed E-state index contributed by atoms with van der Waals surface area (Å²) >= 11 is 1.63. The predicted molar refractivity (Wildman–Crippen MR) is 137 cm³/mol. The van der Waals surface area contributed by atoms with Crippen LogP contribution in [0.4, 0.5) is 10.1 Å². The summed E-state index contributed by atoms with van der Waals surface area (Å²) in [6, 6.07) is 14.4. The summed E-state index contributed by atoms with van der Waals surface area (Å²) in [6.07, 6.45) is 0.996. The van der Waals surface area contributed by atoms with Crippen molar-refractivity contribution in [1.29, 1.82) is 0 Å². The van der Waals surface area contributed by atoms with Crippen molar-refractivity contribution in [3.05, 3.63) is 98.8 Å². The first-order valence-electron chi connectivity index (χ1n) is 11.6. The third kappa shape index (κ3) is 4.40. The van der Waals surface area contributed by atoms with E-state index in [9.17, 15) is 19.1 Å². The van der Waals surface area contributed by atoms with Crippen molar-refractivity contribution in [2.45, 2.75) is 31.6 Å². The molecule has 3 N–H and O–H groups in total. The smallest absolute Gasteiger partial charge is 0.254 e. The van der Waals surface area contributed by atoms with Gasteiger partial charge >= 0.3 is 0 Å². The van der Waals surface area contributed by atoms with E-state index < -0.39 is 17.6 Å². The number of anilines is 1. The van der Waals surface area contributed by atoms with Crippen molar-refractivity contribution < 1.29 is 23.8 Å². The molecule has 1 aliphatic heterocycles. The number of Topliss-reactive ketones (excluding diaryl/α,β-unsaturated/α-hetero) is 1. The maximum atomic E-state index is 13.6. The van der Waals surface area contributed by atoms with Gasteiger partial charge in [0.25, 0.3) is 5.91 Å². The molecule has 0 spiro atoms. The van der Waals surface area contributed by atoms with Crippen LogP contribution >= 0.6 is 11.3 Å². The van der Waals surface area contributed by atoms with E-state index in [1.807, 2.05) is 24.4 Å². The second kappa shape index (κ2) is 9.62. The fourth-order valence-electron chi connectivity index (χ4n) is 5.00. The third-order valence-corrected chi connectivity index (χ3v) is 7.69. The Morgan fingerprint density at radius 3 is 2.64 bits per heavy atom. The average molecular weight is 505 g/mol. The number of methoxy groups -OCH3 is 1. The Kier molecular flexibility index (Phi) is 6.36. The molecule has 1 aliphatic carbocycles. The molecule has 0 fully saturated rings. The zero-order valence-electron chi connectivity index (χ0n) is 19.8. The average Bonchev–Trinajstić information content (AvgIpc) is 3.40. The van der Waals surface area contributed by atoms with E-state index >= 15 is 0 Å². The number of phenols is 1. The molecule has 1 aromatic heterocycles. The monoisotopic (exact) mass is 504 g/mol. The topological polar surface area (TPSA) is 87.7 Å². The van der Waals surface area contributed by atoms with Gasteiger partial charge in [-0.05, 0) is 66.8 Å². The molecule has 0 radical (unpaired) electrons. The van der Waals surface area contributed by atoms with Gasteiger partial charge in [-0.15, -0.1) is 11.3 Å². The lowest BCUT2D eigenvalue weighted by molar-refractivity contribution is -0.116. The zero-order valence-corrected chi connectivity index (χ0v) is 20.6. The number of allylic oxidation sites excluding steroid dienone is 3. The molecule has 36 heavy (non-hydrogen) atoms. The number of halogens is 1. The van der Waals surface area contributed by atoms with Crippen molar-refractivity contribution in [2.75, 3.05) is 12.4 Å². The van der Waals surface area contributed by atoms with Gasteiger partial charge in [-0.2, -0.15) is 0 Å². The Morgan fingerprint density at radius 2 is 1.94 bits per heavy atom.